The Balaban J connectivity index is 3.33. The van der Waals surface area contributed by atoms with E-state index in [4.69, 9.17) is 15.2 Å². The number of carbonyl (C=O) groups excluding carboxylic acids is 1. The molecule has 0 saturated heterocycles. The summed E-state index contributed by atoms with van der Waals surface area (Å²) >= 11 is 0. The first kappa shape index (κ1) is 11.4. The molecule has 0 spiro atoms. The summed E-state index contributed by atoms with van der Waals surface area (Å²) in [6.07, 6.45) is 1.02. The zero-order chi connectivity index (χ0) is 9.40. The summed E-state index contributed by atoms with van der Waals surface area (Å²) in [7, 11) is 0. The Hall–Kier alpha value is -0.610. The molecule has 0 aliphatic rings. The van der Waals surface area contributed by atoms with Gasteiger partial charge < -0.3 is 9.47 Å². The molecular weight excluding hydrogens is 158 g/mol. The molecule has 0 aromatic rings. The highest BCUT2D eigenvalue weighted by Crippen LogP contribution is 1.91. The third-order valence-corrected chi connectivity index (χ3v) is 1.25. The maximum Gasteiger partial charge on any atom is 0.333 e. The van der Waals surface area contributed by atoms with Crippen molar-refractivity contribution in [1.29, 1.82) is 0 Å². The molecular formula is C8H17NO3. The monoisotopic (exact) mass is 175 g/mol. The first-order valence-electron chi connectivity index (χ1n) is 4.23. The maximum atomic E-state index is 10.9. The minimum Gasteiger partial charge on any atom is -0.445 e. The van der Waals surface area contributed by atoms with E-state index in [2.05, 4.69) is 0 Å². The van der Waals surface area contributed by atoms with E-state index in [1.807, 2.05) is 13.8 Å². The van der Waals surface area contributed by atoms with Crippen molar-refractivity contribution in [2.75, 3.05) is 13.2 Å². The van der Waals surface area contributed by atoms with Crippen molar-refractivity contribution in [2.24, 2.45) is 5.73 Å². The van der Waals surface area contributed by atoms with Gasteiger partial charge >= 0.3 is 5.97 Å². The number of rotatable bonds is 6. The Morgan fingerprint density at radius 2 is 2.17 bits per heavy atom. The van der Waals surface area contributed by atoms with Gasteiger partial charge in [0.2, 0.25) is 0 Å². The second-order valence-electron chi connectivity index (χ2n) is 2.49. The molecule has 72 valence electrons. The molecule has 0 radical (unpaired) electrons. The lowest BCUT2D eigenvalue weighted by molar-refractivity contribution is -0.154. The van der Waals surface area contributed by atoms with Gasteiger partial charge in [-0.05, 0) is 12.8 Å². The van der Waals surface area contributed by atoms with Crippen molar-refractivity contribution in [2.45, 2.75) is 32.9 Å². The molecule has 0 bridgehead atoms. The first-order valence-corrected chi connectivity index (χ1v) is 4.23. The molecule has 1 atom stereocenters. The molecule has 12 heavy (non-hydrogen) atoms. The molecule has 0 saturated carbocycles. The van der Waals surface area contributed by atoms with Gasteiger partial charge in [-0.2, -0.15) is 0 Å². The van der Waals surface area contributed by atoms with E-state index < -0.39 is 12.2 Å². The van der Waals surface area contributed by atoms with Crippen molar-refractivity contribution in [3.05, 3.63) is 0 Å². The van der Waals surface area contributed by atoms with E-state index in [9.17, 15) is 4.79 Å². The molecule has 0 aliphatic heterocycles. The van der Waals surface area contributed by atoms with Crippen LogP contribution in [0.2, 0.25) is 0 Å². The number of nitrogens with two attached hydrogens (primary N) is 1. The van der Waals surface area contributed by atoms with Crippen LogP contribution in [0.5, 0.6) is 0 Å². The Bertz CT molecular complexity index is 127. The highest BCUT2D eigenvalue weighted by Gasteiger charge is 2.06. The van der Waals surface area contributed by atoms with Crippen LogP contribution in [0.4, 0.5) is 0 Å². The van der Waals surface area contributed by atoms with Crippen LogP contribution in [-0.4, -0.2) is 25.4 Å². The molecule has 2 N–H and O–H groups in total. The summed E-state index contributed by atoms with van der Waals surface area (Å²) < 4.78 is 9.72. The average Bonchev–Trinajstić information content (AvgIpc) is 2.05. The van der Waals surface area contributed by atoms with Gasteiger partial charge in [-0.25, -0.2) is 4.79 Å². The van der Waals surface area contributed by atoms with Crippen LogP contribution in [0.15, 0.2) is 0 Å². The van der Waals surface area contributed by atoms with Crippen LogP contribution in [0.25, 0.3) is 0 Å². The fourth-order valence-electron chi connectivity index (χ4n) is 0.586. The summed E-state index contributed by atoms with van der Waals surface area (Å²) in [4.78, 5) is 10.9. The smallest absolute Gasteiger partial charge is 0.333 e. The highest BCUT2D eigenvalue weighted by atomic mass is 16.6. The summed E-state index contributed by atoms with van der Waals surface area (Å²) in [6, 6.07) is 0. The summed E-state index contributed by atoms with van der Waals surface area (Å²) in [6.45, 7) is 4.41. The number of esters is 1. The van der Waals surface area contributed by atoms with E-state index in [0.29, 0.717) is 13.0 Å². The molecule has 4 heteroatoms. The Labute approximate surface area is 73.0 Å². The number of hydrogen-bond acceptors (Lipinski definition) is 4. The largest absolute Gasteiger partial charge is 0.445 e. The van der Waals surface area contributed by atoms with Gasteiger partial charge in [-0.1, -0.05) is 13.8 Å². The van der Waals surface area contributed by atoms with E-state index in [-0.39, 0.29) is 6.61 Å². The van der Waals surface area contributed by atoms with E-state index in [1.54, 1.807) is 0 Å². The normalized spacial score (nSPS) is 12.6. The van der Waals surface area contributed by atoms with Gasteiger partial charge in [0.05, 0.1) is 0 Å². The van der Waals surface area contributed by atoms with Crippen LogP contribution in [0.1, 0.15) is 26.7 Å². The van der Waals surface area contributed by atoms with Crippen LogP contribution in [0, 0.1) is 0 Å². The second-order valence-corrected chi connectivity index (χ2v) is 2.49. The van der Waals surface area contributed by atoms with Crippen LogP contribution < -0.4 is 5.73 Å². The van der Waals surface area contributed by atoms with Gasteiger partial charge in [-0.3, -0.25) is 5.73 Å². The van der Waals surface area contributed by atoms with Gasteiger partial charge in [0.1, 0.15) is 6.61 Å². The number of ether oxygens (including phenoxy) is 2. The quantitative estimate of drug-likeness (QED) is 0.366. The highest BCUT2D eigenvalue weighted by molar-refractivity contribution is 5.70. The molecule has 0 heterocycles. The Morgan fingerprint density at radius 3 is 2.67 bits per heavy atom. The van der Waals surface area contributed by atoms with Crippen LogP contribution in [0.3, 0.4) is 0 Å². The maximum absolute atomic E-state index is 10.9. The van der Waals surface area contributed by atoms with Crippen LogP contribution in [-0.2, 0) is 14.3 Å². The molecule has 0 aromatic heterocycles. The van der Waals surface area contributed by atoms with Crippen molar-refractivity contribution in [3.8, 4) is 0 Å². The van der Waals surface area contributed by atoms with Crippen molar-refractivity contribution >= 4 is 5.97 Å². The lowest BCUT2D eigenvalue weighted by Gasteiger charge is -2.10. The summed E-state index contributed by atoms with van der Waals surface area (Å²) in [5, 5.41) is 0. The molecule has 0 fully saturated rings. The SMILES string of the molecule is CCCOCC(=O)OC(N)CC. The molecule has 0 aliphatic carbocycles. The van der Waals surface area contributed by atoms with E-state index >= 15 is 0 Å². The third-order valence-electron chi connectivity index (χ3n) is 1.25. The van der Waals surface area contributed by atoms with Gasteiger partial charge in [-0.15, -0.1) is 0 Å². The zero-order valence-corrected chi connectivity index (χ0v) is 7.71. The average molecular weight is 175 g/mol. The lowest BCUT2D eigenvalue weighted by atomic mass is 10.4. The van der Waals surface area contributed by atoms with E-state index in [1.165, 1.54) is 0 Å². The fraction of sp³-hybridized carbons (Fsp3) is 0.875. The number of carbonyl (C=O) groups is 1. The fourth-order valence-corrected chi connectivity index (χ4v) is 0.586. The summed E-state index contributed by atoms with van der Waals surface area (Å²) in [5.74, 6) is -0.391. The van der Waals surface area contributed by atoms with Gasteiger partial charge in [0.25, 0.3) is 0 Å². The predicted octanol–water partition coefficient (Wildman–Crippen LogP) is 0.651. The number of hydrogen-bond donors (Lipinski definition) is 1. The van der Waals surface area contributed by atoms with Gasteiger partial charge in [0.15, 0.2) is 6.23 Å². The van der Waals surface area contributed by atoms with Crippen molar-refractivity contribution < 1.29 is 14.3 Å². The van der Waals surface area contributed by atoms with Crippen molar-refractivity contribution in [3.63, 3.8) is 0 Å². The lowest BCUT2D eigenvalue weighted by Crippen LogP contribution is -2.28. The van der Waals surface area contributed by atoms with Crippen molar-refractivity contribution in [1.82, 2.24) is 0 Å². The zero-order valence-electron chi connectivity index (χ0n) is 7.71. The molecule has 0 aromatic carbocycles. The van der Waals surface area contributed by atoms with Crippen LogP contribution >= 0.6 is 0 Å². The first-order chi connectivity index (χ1) is 5.70. The van der Waals surface area contributed by atoms with E-state index in [0.717, 1.165) is 6.42 Å². The predicted molar refractivity (Wildman–Crippen MR) is 45.5 cm³/mol. The standard InChI is InChI=1S/C8H17NO3/c1-3-5-11-6-8(10)12-7(9)4-2/h7H,3-6,9H2,1-2H3. The second kappa shape index (κ2) is 7.06. The Morgan fingerprint density at radius 1 is 1.50 bits per heavy atom. The minimum atomic E-state index is -0.497. The molecule has 0 amide bonds. The third kappa shape index (κ3) is 6.12. The topological polar surface area (TPSA) is 61.5 Å². The molecule has 1 unspecified atom stereocenters. The summed E-state index contributed by atoms with van der Waals surface area (Å²) in [5.41, 5.74) is 5.38. The van der Waals surface area contributed by atoms with Gasteiger partial charge in [0, 0.05) is 6.61 Å². The minimum absolute atomic E-state index is 0.00153. The molecule has 0 rings (SSSR count). The molecule has 4 nitrogen and oxygen atoms in total. The Kier molecular flexibility index (Phi) is 6.70.